The molecule has 1 aliphatic rings. The highest BCUT2D eigenvalue weighted by atomic mass is 16.3. The molecule has 0 amide bonds. The number of rotatable bonds is 3. The third kappa shape index (κ3) is 2.82. The predicted molar refractivity (Wildman–Crippen MR) is 71.6 cm³/mol. The molecule has 1 aliphatic carbocycles. The van der Waals surface area contributed by atoms with Crippen molar-refractivity contribution in [1.82, 2.24) is 4.98 Å². The van der Waals surface area contributed by atoms with Crippen LogP contribution in [0.5, 0.6) is 0 Å². The van der Waals surface area contributed by atoms with Gasteiger partial charge in [0.1, 0.15) is 5.82 Å². The van der Waals surface area contributed by atoms with E-state index in [1.165, 1.54) is 0 Å². The molecule has 0 radical (unpaired) electrons. The van der Waals surface area contributed by atoms with Crippen molar-refractivity contribution in [3.63, 3.8) is 0 Å². The van der Waals surface area contributed by atoms with E-state index in [2.05, 4.69) is 9.88 Å². The lowest BCUT2D eigenvalue weighted by atomic mass is 9.91. The van der Waals surface area contributed by atoms with Crippen molar-refractivity contribution in [3.8, 4) is 0 Å². The number of aryl methyl sites for hydroxylation is 1. The normalized spacial score (nSPS) is 24.0. The van der Waals surface area contributed by atoms with E-state index in [1.54, 1.807) is 0 Å². The fourth-order valence-corrected chi connectivity index (χ4v) is 2.71. The second kappa shape index (κ2) is 5.67. The molecular formula is C14H22N2O2. The first-order valence-electron chi connectivity index (χ1n) is 6.61. The van der Waals surface area contributed by atoms with Crippen LogP contribution in [0.4, 0.5) is 5.82 Å². The summed E-state index contributed by atoms with van der Waals surface area (Å²) in [6.07, 6.45) is 3.86. The van der Waals surface area contributed by atoms with Crippen LogP contribution < -0.4 is 4.90 Å². The van der Waals surface area contributed by atoms with Gasteiger partial charge in [-0.15, -0.1) is 0 Å². The second-order valence-corrected chi connectivity index (χ2v) is 5.16. The van der Waals surface area contributed by atoms with Gasteiger partial charge in [0.15, 0.2) is 0 Å². The number of hydrogen-bond acceptors (Lipinski definition) is 4. The van der Waals surface area contributed by atoms with Gasteiger partial charge in [-0.05, 0) is 37.5 Å². The average molecular weight is 250 g/mol. The topological polar surface area (TPSA) is 56.6 Å². The Kier molecular flexibility index (Phi) is 4.19. The lowest BCUT2D eigenvalue weighted by Gasteiger charge is -2.36. The molecule has 0 bridgehead atoms. The van der Waals surface area contributed by atoms with Gasteiger partial charge in [0.25, 0.3) is 0 Å². The second-order valence-electron chi connectivity index (χ2n) is 5.16. The van der Waals surface area contributed by atoms with Crippen LogP contribution in [0, 0.1) is 6.92 Å². The highest BCUT2D eigenvalue weighted by Crippen LogP contribution is 2.26. The molecule has 0 aliphatic heterocycles. The summed E-state index contributed by atoms with van der Waals surface area (Å²) in [7, 11) is 1.97. The molecule has 2 N–H and O–H groups in total. The fourth-order valence-electron chi connectivity index (χ4n) is 2.71. The van der Waals surface area contributed by atoms with Crippen molar-refractivity contribution in [3.05, 3.63) is 23.4 Å². The molecule has 0 spiro atoms. The summed E-state index contributed by atoms with van der Waals surface area (Å²) >= 11 is 0. The van der Waals surface area contributed by atoms with Crippen molar-refractivity contribution >= 4 is 5.82 Å². The van der Waals surface area contributed by atoms with Crippen molar-refractivity contribution in [1.29, 1.82) is 0 Å². The smallest absolute Gasteiger partial charge is 0.129 e. The van der Waals surface area contributed by atoms with Crippen LogP contribution >= 0.6 is 0 Å². The Morgan fingerprint density at radius 1 is 1.33 bits per heavy atom. The highest BCUT2D eigenvalue weighted by molar-refractivity contribution is 5.43. The monoisotopic (exact) mass is 250 g/mol. The molecule has 2 unspecified atom stereocenters. The zero-order valence-corrected chi connectivity index (χ0v) is 11.1. The molecule has 1 saturated carbocycles. The van der Waals surface area contributed by atoms with Gasteiger partial charge in [0.2, 0.25) is 0 Å². The van der Waals surface area contributed by atoms with Crippen LogP contribution in [-0.2, 0) is 6.61 Å². The average Bonchev–Trinajstić information content (AvgIpc) is 2.37. The first-order valence-corrected chi connectivity index (χ1v) is 6.61. The largest absolute Gasteiger partial charge is 0.392 e. The molecule has 4 heteroatoms. The van der Waals surface area contributed by atoms with E-state index in [9.17, 15) is 10.2 Å². The summed E-state index contributed by atoms with van der Waals surface area (Å²) in [5.74, 6) is 0.838. The quantitative estimate of drug-likeness (QED) is 0.856. The minimum absolute atomic E-state index is 0.0252. The van der Waals surface area contributed by atoms with E-state index >= 15 is 0 Å². The van der Waals surface area contributed by atoms with E-state index in [4.69, 9.17) is 0 Å². The molecule has 1 aromatic heterocycles. The Hall–Kier alpha value is -1.13. The fraction of sp³-hybridized carbons (Fsp3) is 0.643. The third-order valence-corrected chi connectivity index (χ3v) is 3.74. The van der Waals surface area contributed by atoms with Gasteiger partial charge in [-0.2, -0.15) is 0 Å². The summed E-state index contributed by atoms with van der Waals surface area (Å²) in [6.45, 7) is 1.95. The Morgan fingerprint density at radius 3 is 2.72 bits per heavy atom. The van der Waals surface area contributed by atoms with Crippen LogP contribution in [0.15, 0.2) is 12.1 Å². The molecule has 4 nitrogen and oxygen atoms in total. The summed E-state index contributed by atoms with van der Waals surface area (Å²) in [5.41, 5.74) is 1.77. The maximum Gasteiger partial charge on any atom is 0.129 e. The maximum absolute atomic E-state index is 10.1. The number of aliphatic hydroxyl groups is 2. The number of nitrogens with zero attached hydrogens (tertiary/aromatic N) is 2. The number of likely N-dealkylation sites (N-methyl/N-ethyl adjacent to an activating group) is 1. The Morgan fingerprint density at radius 2 is 2.06 bits per heavy atom. The number of anilines is 1. The molecule has 1 aromatic rings. The highest BCUT2D eigenvalue weighted by Gasteiger charge is 2.27. The van der Waals surface area contributed by atoms with E-state index in [-0.39, 0.29) is 18.8 Å². The number of aliphatic hydroxyl groups excluding tert-OH is 2. The number of pyridine rings is 1. The minimum atomic E-state index is -0.274. The maximum atomic E-state index is 10.1. The Labute approximate surface area is 108 Å². The van der Waals surface area contributed by atoms with Crippen molar-refractivity contribution in [2.45, 2.75) is 51.4 Å². The summed E-state index contributed by atoms with van der Waals surface area (Å²) in [5, 5.41) is 19.3. The van der Waals surface area contributed by atoms with Gasteiger partial charge in [-0.1, -0.05) is 12.8 Å². The summed E-state index contributed by atoms with van der Waals surface area (Å²) < 4.78 is 0. The first-order chi connectivity index (χ1) is 8.61. The molecule has 2 atom stereocenters. The van der Waals surface area contributed by atoms with Gasteiger partial charge in [-0.3, -0.25) is 0 Å². The van der Waals surface area contributed by atoms with Gasteiger partial charge < -0.3 is 15.1 Å². The SMILES string of the molecule is Cc1cc(CO)cc(N(C)C2CCCCC2O)n1. The first kappa shape index (κ1) is 13.3. The molecule has 0 aromatic carbocycles. The van der Waals surface area contributed by atoms with Crippen LogP contribution in [0.3, 0.4) is 0 Å². The molecule has 100 valence electrons. The van der Waals surface area contributed by atoms with E-state index in [1.807, 2.05) is 26.1 Å². The Balaban J connectivity index is 2.21. The standard InChI is InChI=1S/C14H22N2O2/c1-10-7-11(9-17)8-14(15-10)16(2)12-5-3-4-6-13(12)18/h7-8,12-13,17-18H,3-6,9H2,1-2H3. The summed E-state index contributed by atoms with van der Waals surface area (Å²) in [4.78, 5) is 6.55. The van der Waals surface area contributed by atoms with Crippen molar-refractivity contribution < 1.29 is 10.2 Å². The van der Waals surface area contributed by atoms with Gasteiger partial charge >= 0.3 is 0 Å². The van der Waals surface area contributed by atoms with Gasteiger partial charge in [0.05, 0.1) is 18.8 Å². The molecule has 18 heavy (non-hydrogen) atoms. The molecule has 2 rings (SSSR count). The number of aromatic nitrogens is 1. The van der Waals surface area contributed by atoms with E-state index in [0.29, 0.717) is 0 Å². The summed E-state index contributed by atoms with van der Waals surface area (Å²) in [6, 6.07) is 3.92. The van der Waals surface area contributed by atoms with Crippen LogP contribution in [-0.4, -0.2) is 34.4 Å². The zero-order chi connectivity index (χ0) is 13.1. The van der Waals surface area contributed by atoms with Crippen LogP contribution in [0.1, 0.15) is 36.9 Å². The van der Waals surface area contributed by atoms with E-state index < -0.39 is 0 Å². The van der Waals surface area contributed by atoms with Crippen LogP contribution in [0.25, 0.3) is 0 Å². The zero-order valence-electron chi connectivity index (χ0n) is 11.1. The molecule has 0 saturated heterocycles. The predicted octanol–water partition coefficient (Wildman–Crippen LogP) is 1.62. The van der Waals surface area contributed by atoms with Crippen molar-refractivity contribution in [2.24, 2.45) is 0 Å². The molecule has 1 heterocycles. The molecule has 1 fully saturated rings. The third-order valence-electron chi connectivity index (χ3n) is 3.74. The lowest BCUT2D eigenvalue weighted by Crippen LogP contribution is -2.43. The lowest BCUT2D eigenvalue weighted by molar-refractivity contribution is 0.106. The van der Waals surface area contributed by atoms with Crippen molar-refractivity contribution in [2.75, 3.05) is 11.9 Å². The van der Waals surface area contributed by atoms with E-state index in [0.717, 1.165) is 42.8 Å². The number of hydrogen-bond donors (Lipinski definition) is 2. The molecular weight excluding hydrogens is 228 g/mol. The van der Waals surface area contributed by atoms with Gasteiger partial charge in [0, 0.05) is 12.7 Å². The van der Waals surface area contributed by atoms with Crippen LogP contribution in [0.2, 0.25) is 0 Å². The van der Waals surface area contributed by atoms with Gasteiger partial charge in [-0.25, -0.2) is 4.98 Å². The minimum Gasteiger partial charge on any atom is -0.392 e. The Bertz CT molecular complexity index is 409.